The molecule has 0 aliphatic heterocycles. The van der Waals surface area contributed by atoms with Crippen molar-refractivity contribution >= 4 is 23.6 Å². The van der Waals surface area contributed by atoms with Gasteiger partial charge in [-0.15, -0.1) is 0 Å². The SMILES string of the molecule is CCCN(CCC)C(=O)c1cc(C(N)=O)cc(C(=O)NC(Cc2cc(F)cc(F)c2)C(O)C(O)C(C(=O)NCC(C)C)C(C)C)c1. The third-order valence-corrected chi connectivity index (χ3v) is 7.53. The Labute approximate surface area is 269 Å². The van der Waals surface area contributed by atoms with E-state index < -0.39 is 65.3 Å². The molecule has 4 atom stereocenters. The number of halogens is 2. The van der Waals surface area contributed by atoms with Gasteiger partial charge in [0.15, 0.2) is 0 Å². The third kappa shape index (κ3) is 10.9. The van der Waals surface area contributed by atoms with E-state index in [2.05, 4.69) is 10.6 Å². The summed E-state index contributed by atoms with van der Waals surface area (Å²) in [5.74, 6) is -5.82. The Balaban J connectivity index is 2.54. The Kier molecular flexibility index (Phi) is 14.7. The number of rotatable bonds is 17. The predicted molar refractivity (Wildman–Crippen MR) is 171 cm³/mol. The maximum Gasteiger partial charge on any atom is 0.253 e. The molecule has 254 valence electrons. The van der Waals surface area contributed by atoms with Crippen molar-refractivity contribution in [1.29, 1.82) is 0 Å². The van der Waals surface area contributed by atoms with Crippen molar-refractivity contribution in [3.63, 3.8) is 0 Å². The molecule has 0 fully saturated rings. The summed E-state index contributed by atoms with van der Waals surface area (Å²) < 4.78 is 28.2. The minimum atomic E-state index is -1.78. The van der Waals surface area contributed by atoms with Gasteiger partial charge in [-0.3, -0.25) is 19.2 Å². The number of hydrogen-bond donors (Lipinski definition) is 5. The molecule has 0 heterocycles. The summed E-state index contributed by atoms with van der Waals surface area (Å²) in [5.41, 5.74) is 5.40. The maximum absolute atomic E-state index is 14.1. The number of aliphatic hydroxyl groups is 2. The molecule has 2 aromatic rings. The molecule has 0 saturated heterocycles. The summed E-state index contributed by atoms with van der Waals surface area (Å²) in [6.45, 7) is 12.2. The van der Waals surface area contributed by atoms with E-state index in [-0.39, 0.29) is 34.6 Å². The normalized spacial score (nSPS) is 14.0. The number of nitrogens with one attached hydrogen (secondary N) is 2. The largest absolute Gasteiger partial charge is 0.390 e. The smallest absolute Gasteiger partial charge is 0.253 e. The Hall–Kier alpha value is -3.90. The number of benzene rings is 2. The second-order valence-corrected chi connectivity index (χ2v) is 12.4. The molecule has 4 amide bonds. The molecule has 0 aliphatic rings. The monoisotopic (exact) mass is 646 g/mol. The number of hydrogen-bond acceptors (Lipinski definition) is 6. The predicted octanol–water partition coefficient (Wildman–Crippen LogP) is 3.43. The van der Waals surface area contributed by atoms with Crippen LogP contribution in [0.25, 0.3) is 0 Å². The van der Waals surface area contributed by atoms with Crippen LogP contribution in [0.3, 0.4) is 0 Å². The van der Waals surface area contributed by atoms with Crippen LogP contribution >= 0.6 is 0 Å². The number of nitrogens with two attached hydrogens (primary N) is 1. The first-order valence-corrected chi connectivity index (χ1v) is 15.7. The van der Waals surface area contributed by atoms with Gasteiger partial charge in [0, 0.05) is 42.4 Å². The molecule has 4 unspecified atom stereocenters. The number of nitrogens with zero attached hydrogens (tertiary/aromatic N) is 1. The first-order chi connectivity index (χ1) is 21.6. The van der Waals surface area contributed by atoms with Crippen molar-refractivity contribution in [2.75, 3.05) is 19.6 Å². The van der Waals surface area contributed by atoms with Crippen molar-refractivity contribution in [2.45, 2.75) is 79.1 Å². The van der Waals surface area contributed by atoms with E-state index in [0.717, 1.165) is 12.1 Å². The highest BCUT2D eigenvalue weighted by Gasteiger charge is 2.39. The number of carbonyl (C=O) groups excluding carboxylic acids is 4. The van der Waals surface area contributed by atoms with Crippen LogP contribution in [0.1, 0.15) is 91.0 Å². The van der Waals surface area contributed by atoms with Crippen LogP contribution in [0, 0.1) is 29.4 Å². The van der Waals surface area contributed by atoms with Crippen molar-refractivity contribution < 1.29 is 38.2 Å². The van der Waals surface area contributed by atoms with Gasteiger partial charge in [-0.2, -0.15) is 0 Å². The lowest BCUT2D eigenvalue weighted by molar-refractivity contribution is -0.135. The fourth-order valence-electron chi connectivity index (χ4n) is 5.28. The Morgan fingerprint density at radius 2 is 1.37 bits per heavy atom. The van der Waals surface area contributed by atoms with Crippen LogP contribution in [0.15, 0.2) is 36.4 Å². The van der Waals surface area contributed by atoms with E-state index in [0.29, 0.717) is 38.5 Å². The summed E-state index contributed by atoms with van der Waals surface area (Å²) in [6.07, 6.45) is -2.44. The van der Waals surface area contributed by atoms with Crippen LogP contribution in [-0.4, -0.2) is 76.6 Å². The van der Waals surface area contributed by atoms with Crippen molar-refractivity contribution in [3.8, 4) is 0 Å². The molecule has 0 saturated carbocycles. The van der Waals surface area contributed by atoms with Crippen LogP contribution in [0.4, 0.5) is 8.78 Å². The summed E-state index contributed by atoms with van der Waals surface area (Å²) >= 11 is 0. The molecule has 0 spiro atoms. The van der Waals surface area contributed by atoms with Gasteiger partial charge in [0.05, 0.1) is 18.1 Å². The lowest BCUT2D eigenvalue weighted by Crippen LogP contribution is -2.55. The summed E-state index contributed by atoms with van der Waals surface area (Å²) in [6, 6.07) is 5.14. The first kappa shape index (κ1) is 38.3. The van der Waals surface area contributed by atoms with E-state index in [4.69, 9.17) is 5.73 Å². The second-order valence-electron chi connectivity index (χ2n) is 12.4. The molecule has 0 aliphatic carbocycles. The van der Waals surface area contributed by atoms with Gasteiger partial charge in [0.1, 0.15) is 17.7 Å². The Morgan fingerprint density at radius 3 is 1.87 bits per heavy atom. The highest BCUT2D eigenvalue weighted by atomic mass is 19.1. The molecule has 46 heavy (non-hydrogen) atoms. The van der Waals surface area contributed by atoms with Gasteiger partial charge in [0.25, 0.3) is 11.8 Å². The quantitative estimate of drug-likeness (QED) is 0.177. The molecular formula is C34H48F2N4O6. The van der Waals surface area contributed by atoms with E-state index in [1.165, 1.54) is 18.2 Å². The summed E-state index contributed by atoms with van der Waals surface area (Å²) in [7, 11) is 0. The van der Waals surface area contributed by atoms with E-state index in [1.54, 1.807) is 18.7 Å². The zero-order valence-corrected chi connectivity index (χ0v) is 27.5. The average molecular weight is 647 g/mol. The van der Waals surface area contributed by atoms with E-state index in [9.17, 15) is 38.2 Å². The fraction of sp³-hybridized carbons (Fsp3) is 0.529. The van der Waals surface area contributed by atoms with Crippen molar-refractivity contribution in [2.24, 2.45) is 23.5 Å². The Morgan fingerprint density at radius 1 is 0.826 bits per heavy atom. The zero-order valence-electron chi connectivity index (χ0n) is 27.5. The fourth-order valence-corrected chi connectivity index (χ4v) is 5.28. The highest BCUT2D eigenvalue weighted by Crippen LogP contribution is 2.23. The minimum absolute atomic E-state index is 0.0504. The molecule has 6 N–H and O–H groups in total. The van der Waals surface area contributed by atoms with Gasteiger partial charge < -0.3 is 31.5 Å². The molecule has 0 radical (unpaired) electrons. The number of amides is 4. The van der Waals surface area contributed by atoms with Crippen molar-refractivity contribution in [1.82, 2.24) is 15.5 Å². The first-order valence-electron chi connectivity index (χ1n) is 15.7. The molecule has 0 aromatic heterocycles. The van der Waals surface area contributed by atoms with Gasteiger partial charge in [-0.25, -0.2) is 8.78 Å². The molecule has 0 bridgehead atoms. The van der Waals surface area contributed by atoms with Gasteiger partial charge in [0.2, 0.25) is 11.8 Å². The van der Waals surface area contributed by atoms with E-state index >= 15 is 0 Å². The van der Waals surface area contributed by atoms with Crippen LogP contribution < -0.4 is 16.4 Å². The summed E-state index contributed by atoms with van der Waals surface area (Å²) in [4.78, 5) is 53.9. The van der Waals surface area contributed by atoms with Gasteiger partial charge in [-0.05, 0) is 67.0 Å². The molecule has 2 aromatic carbocycles. The Bertz CT molecular complexity index is 1340. The number of aliphatic hydroxyl groups excluding tert-OH is 2. The topological polar surface area (TPSA) is 162 Å². The van der Waals surface area contributed by atoms with Gasteiger partial charge >= 0.3 is 0 Å². The molecular weight excluding hydrogens is 598 g/mol. The third-order valence-electron chi connectivity index (χ3n) is 7.53. The number of primary amides is 1. The van der Waals surface area contributed by atoms with Crippen LogP contribution in [0.2, 0.25) is 0 Å². The number of carbonyl (C=O) groups is 4. The average Bonchev–Trinajstić information content (AvgIpc) is 2.97. The highest BCUT2D eigenvalue weighted by molar-refractivity contribution is 6.04. The molecule has 10 nitrogen and oxygen atoms in total. The lowest BCUT2D eigenvalue weighted by atomic mass is 9.83. The molecule has 2 rings (SSSR count). The van der Waals surface area contributed by atoms with Crippen LogP contribution in [0.5, 0.6) is 0 Å². The minimum Gasteiger partial charge on any atom is -0.390 e. The maximum atomic E-state index is 14.1. The molecule has 12 heteroatoms. The zero-order chi connectivity index (χ0) is 34.7. The van der Waals surface area contributed by atoms with Gasteiger partial charge in [-0.1, -0.05) is 41.5 Å². The summed E-state index contributed by atoms with van der Waals surface area (Å²) in [5, 5.41) is 28.1. The van der Waals surface area contributed by atoms with Crippen molar-refractivity contribution in [3.05, 3.63) is 70.3 Å². The van der Waals surface area contributed by atoms with E-state index in [1.807, 2.05) is 27.7 Å². The lowest BCUT2D eigenvalue weighted by Gasteiger charge is -2.33. The standard InChI is InChI=1S/C34H48F2N4O6/c1-7-9-40(10-8-2)34(46)24-15-22(31(37)43)14-23(16-24)32(44)39-27(13-21-11-25(35)17-26(36)12-21)29(41)30(42)28(20(5)6)33(45)38-18-19(3)4/h11-12,14-17,19-20,27-30,41-42H,7-10,13,18H2,1-6H3,(H2,37,43)(H,38,45)(H,39,44). The second kappa shape index (κ2) is 17.7. The van der Waals surface area contributed by atoms with Crippen LogP contribution in [-0.2, 0) is 11.2 Å².